The highest BCUT2D eigenvalue weighted by Gasteiger charge is 2.54. The van der Waals surface area contributed by atoms with Crippen molar-refractivity contribution >= 4 is 34.4 Å². The molecule has 1 saturated carbocycles. The first-order chi connectivity index (χ1) is 17.1. The van der Waals surface area contributed by atoms with Gasteiger partial charge in [-0.2, -0.15) is 0 Å². The lowest BCUT2D eigenvalue weighted by molar-refractivity contribution is -0.125. The summed E-state index contributed by atoms with van der Waals surface area (Å²) in [6, 6.07) is 4.37. The van der Waals surface area contributed by atoms with Crippen LogP contribution in [0.3, 0.4) is 0 Å². The number of carbonyl (C=O) groups excluding carboxylic acids is 2. The number of aromatic nitrogens is 2. The minimum atomic E-state index is -1.16. The minimum Gasteiger partial charge on any atom is -0.463 e. The Morgan fingerprint density at radius 1 is 1.31 bits per heavy atom. The number of carbonyl (C=O) groups is 2. The molecule has 0 unspecified atom stereocenters. The molecule has 0 radical (unpaired) electrons. The van der Waals surface area contributed by atoms with Gasteiger partial charge in [0, 0.05) is 23.2 Å². The van der Waals surface area contributed by atoms with Crippen molar-refractivity contribution in [3.8, 4) is 18.2 Å². The van der Waals surface area contributed by atoms with Gasteiger partial charge in [-0.05, 0) is 44.9 Å². The summed E-state index contributed by atoms with van der Waals surface area (Å²) < 4.78 is 19.4. The van der Waals surface area contributed by atoms with Crippen molar-refractivity contribution in [1.29, 1.82) is 0 Å². The average Bonchev–Trinajstić information content (AvgIpc) is 3.66. The number of terminal acetylenes is 1. The van der Waals surface area contributed by atoms with Gasteiger partial charge < -0.3 is 21.1 Å². The smallest absolute Gasteiger partial charge is 0.275 e. The van der Waals surface area contributed by atoms with E-state index in [1.54, 1.807) is 13.8 Å². The van der Waals surface area contributed by atoms with E-state index in [-0.39, 0.29) is 40.9 Å². The minimum absolute atomic E-state index is 0.0303. The summed E-state index contributed by atoms with van der Waals surface area (Å²) in [5, 5.41) is 5.94. The van der Waals surface area contributed by atoms with Crippen LogP contribution in [0.4, 0.5) is 10.1 Å². The number of anilines is 1. The topological polar surface area (TPSA) is 132 Å². The Kier molecular flexibility index (Phi) is 6.91. The van der Waals surface area contributed by atoms with E-state index in [0.29, 0.717) is 5.69 Å². The third-order valence-electron chi connectivity index (χ3n) is 6.63. The number of hydrogen-bond acceptors (Lipinski definition) is 8. The standard InChI is InChI=1S/C25H27FN6O3S/c1-5-10-35-20-13-28-19(12-29-20)21(33)30-16-8-9-18(26)17(11-16)24(3)14(2)25(4,36-23(27)32-24)22(34)31-15-6-7-15/h1,8-9,11-15H,6-7,10H2,2-4H3,(H2,27,32)(H,30,33)(H,31,34)/t14-,24-,25-/m0/s1. The second kappa shape index (κ2) is 9.78. The van der Waals surface area contributed by atoms with Gasteiger partial charge in [0.2, 0.25) is 11.8 Å². The van der Waals surface area contributed by atoms with Gasteiger partial charge in [0.15, 0.2) is 11.8 Å². The van der Waals surface area contributed by atoms with E-state index in [4.69, 9.17) is 16.9 Å². The summed E-state index contributed by atoms with van der Waals surface area (Å²) in [5.41, 5.74) is 5.58. The molecule has 2 aliphatic rings. The fraction of sp³-hybridized carbons (Fsp3) is 0.400. The molecule has 9 nitrogen and oxygen atoms in total. The Hall–Kier alpha value is -3.65. The number of thioether (sulfide) groups is 1. The third kappa shape index (κ3) is 4.99. The van der Waals surface area contributed by atoms with Crippen LogP contribution >= 0.6 is 11.8 Å². The summed E-state index contributed by atoms with van der Waals surface area (Å²) in [5.74, 6) is 0.860. The highest BCUT2D eigenvalue weighted by atomic mass is 32.2. The molecule has 1 fully saturated rings. The zero-order chi connectivity index (χ0) is 26.1. The number of aliphatic imine (C=N–C) groups is 1. The molecular formula is C25H27FN6O3S. The van der Waals surface area contributed by atoms with Gasteiger partial charge in [-0.25, -0.2) is 14.4 Å². The summed E-state index contributed by atoms with van der Waals surface area (Å²) in [4.78, 5) is 38.5. The van der Waals surface area contributed by atoms with Gasteiger partial charge in [-0.1, -0.05) is 24.6 Å². The molecule has 188 valence electrons. The highest BCUT2D eigenvalue weighted by molar-refractivity contribution is 8.15. The van der Waals surface area contributed by atoms with Crippen molar-refractivity contribution in [3.05, 3.63) is 47.7 Å². The molecule has 36 heavy (non-hydrogen) atoms. The fourth-order valence-electron chi connectivity index (χ4n) is 4.09. The maximum Gasteiger partial charge on any atom is 0.275 e. The van der Waals surface area contributed by atoms with Gasteiger partial charge in [0.1, 0.15) is 16.3 Å². The number of hydrogen-bond donors (Lipinski definition) is 3. The van der Waals surface area contributed by atoms with Crippen molar-refractivity contribution in [2.45, 2.75) is 49.9 Å². The Balaban J connectivity index is 1.59. The quantitative estimate of drug-likeness (QED) is 0.488. The maximum atomic E-state index is 15.2. The molecule has 3 atom stereocenters. The molecule has 1 aliphatic heterocycles. The monoisotopic (exact) mass is 510 g/mol. The number of amides is 2. The molecule has 1 aromatic heterocycles. The van der Waals surface area contributed by atoms with Crippen LogP contribution in [0.5, 0.6) is 5.88 Å². The van der Waals surface area contributed by atoms with Crippen LogP contribution in [-0.2, 0) is 10.3 Å². The molecule has 0 saturated heterocycles. The molecule has 0 spiro atoms. The van der Waals surface area contributed by atoms with Gasteiger partial charge in [0.05, 0.1) is 17.9 Å². The second-order valence-electron chi connectivity index (χ2n) is 9.16. The zero-order valence-corrected chi connectivity index (χ0v) is 21.0. The predicted octanol–water partition coefficient (Wildman–Crippen LogP) is 2.83. The van der Waals surface area contributed by atoms with E-state index in [9.17, 15) is 9.59 Å². The van der Waals surface area contributed by atoms with Crippen LogP contribution in [0.15, 0.2) is 35.6 Å². The van der Waals surface area contributed by atoms with E-state index in [1.165, 1.54) is 42.4 Å². The SMILES string of the molecule is C#CCOc1cnc(C(=O)Nc2ccc(F)c([C@@]3(C)N=C(N)S[C@](C)(C(=O)NC4CC4)[C@H]3C)c2)cn1. The Morgan fingerprint density at radius 3 is 2.69 bits per heavy atom. The second-order valence-corrected chi connectivity index (χ2v) is 10.6. The first kappa shape index (κ1) is 25.4. The number of nitrogens with one attached hydrogen (secondary N) is 2. The third-order valence-corrected chi connectivity index (χ3v) is 7.89. The van der Waals surface area contributed by atoms with Crippen molar-refractivity contribution in [2.75, 3.05) is 11.9 Å². The van der Waals surface area contributed by atoms with Crippen molar-refractivity contribution in [2.24, 2.45) is 16.6 Å². The van der Waals surface area contributed by atoms with Crippen molar-refractivity contribution in [3.63, 3.8) is 0 Å². The molecule has 4 N–H and O–H groups in total. The lowest BCUT2D eigenvalue weighted by atomic mass is 9.73. The lowest BCUT2D eigenvalue weighted by Crippen LogP contribution is -2.56. The van der Waals surface area contributed by atoms with Crippen molar-refractivity contribution < 1.29 is 18.7 Å². The van der Waals surface area contributed by atoms with E-state index in [1.807, 2.05) is 6.92 Å². The summed E-state index contributed by atoms with van der Waals surface area (Å²) in [6.45, 7) is 5.44. The van der Waals surface area contributed by atoms with Gasteiger partial charge in [-0.3, -0.25) is 14.6 Å². The number of ether oxygens (including phenoxy) is 1. The molecule has 4 rings (SSSR count). The Bertz CT molecular complexity index is 1260. The van der Waals surface area contributed by atoms with Crippen molar-refractivity contribution in [1.82, 2.24) is 15.3 Å². The number of halogens is 1. The molecular weight excluding hydrogens is 483 g/mol. The molecule has 0 bridgehead atoms. The predicted molar refractivity (Wildman–Crippen MR) is 136 cm³/mol. The average molecular weight is 511 g/mol. The van der Waals surface area contributed by atoms with Gasteiger partial charge in [-0.15, -0.1) is 6.42 Å². The van der Waals surface area contributed by atoms with E-state index < -0.39 is 27.9 Å². The van der Waals surface area contributed by atoms with Gasteiger partial charge in [0.25, 0.3) is 5.91 Å². The number of nitrogens with two attached hydrogens (primary N) is 1. The first-order valence-electron chi connectivity index (χ1n) is 11.4. The molecule has 2 heterocycles. The number of benzene rings is 1. The molecule has 1 aliphatic carbocycles. The van der Waals surface area contributed by atoms with E-state index >= 15 is 4.39 Å². The lowest BCUT2D eigenvalue weighted by Gasteiger charge is -2.46. The first-order valence-corrected chi connectivity index (χ1v) is 12.2. The van der Waals surface area contributed by atoms with Crippen LogP contribution in [0.2, 0.25) is 0 Å². The molecule has 2 aromatic rings. The van der Waals surface area contributed by atoms with Crippen LogP contribution in [0.25, 0.3) is 0 Å². The van der Waals surface area contributed by atoms with E-state index in [2.05, 4.69) is 31.5 Å². The zero-order valence-electron chi connectivity index (χ0n) is 20.2. The number of nitrogens with zero attached hydrogens (tertiary/aromatic N) is 3. The normalized spacial score (nSPS) is 25.3. The maximum absolute atomic E-state index is 15.2. The van der Waals surface area contributed by atoms with E-state index in [0.717, 1.165) is 12.8 Å². The summed E-state index contributed by atoms with van der Waals surface area (Å²) in [6.07, 6.45) is 9.58. The summed E-state index contributed by atoms with van der Waals surface area (Å²) in [7, 11) is 0. The Labute approximate surface area is 212 Å². The highest BCUT2D eigenvalue weighted by Crippen LogP contribution is 2.51. The largest absolute Gasteiger partial charge is 0.463 e. The van der Waals surface area contributed by atoms with Crippen LogP contribution in [0, 0.1) is 24.1 Å². The van der Waals surface area contributed by atoms with Gasteiger partial charge >= 0.3 is 0 Å². The molecule has 11 heteroatoms. The van der Waals surface area contributed by atoms with Crippen LogP contribution in [0.1, 0.15) is 49.7 Å². The number of rotatable bonds is 7. The molecule has 2 amide bonds. The summed E-state index contributed by atoms with van der Waals surface area (Å²) >= 11 is 1.18. The Morgan fingerprint density at radius 2 is 2.06 bits per heavy atom. The fourth-order valence-corrected chi connectivity index (χ4v) is 5.32. The molecule has 1 aromatic carbocycles. The van der Waals surface area contributed by atoms with Crippen LogP contribution < -0.4 is 21.1 Å². The number of amidine groups is 1. The van der Waals surface area contributed by atoms with Crippen LogP contribution in [-0.4, -0.2) is 44.3 Å².